The second-order valence-corrected chi connectivity index (χ2v) is 6.84. The van der Waals surface area contributed by atoms with Crippen molar-refractivity contribution in [2.45, 2.75) is 20.3 Å². The zero-order valence-electron chi connectivity index (χ0n) is 18.3. The van der Waals surface area contributed by atoms with Gasteiger partial charge in [0.15, 0.2) is 24.1 Å². The van der Waals surface area contributed by atoms with Crippen LogP contribution in [0.2, 0.25) is 0 Å². The predicted octanol–water partition coefficient (Wildman–Crippen LogP) is 3.29. The lowest BCUT2D eigenvalue weighted by Gasteiger charge is -2.29. The molecule has 166 valence electrons. The molecule has 31 heavy (non-hydrogen) atoms. The molecular formula is C23H30N4O4. The summed E-state index contributed by atoms with van der Waals surface area (Å²) in [5, 5.41) is 6.54. The number of rotatable bonds is 9. The highest BCUT2D eigenvalue weighted by Crippen LogP contribution is 2.32. The minimum Gasteiger partial charge on any atom is -0.493 e. The summed E-state index contributed by atoms with van der Waals surface area (Å²) in [4.78, 5) is 18.7. The Bertz CT molecular complexity index is 916. The van der Waals surface area contributed by atoms with E-state index < -0.39 is 0 Å². The van der Waals surface area contributed by atoms with Gasteiger partial charge >= 0.3 is 0 Å². The van der Waals surface area contributed by atoms with Crippen molar-refractivity contribution in [2.75, 3.05) is 50.2 Å². The predicted molar refractivity (Wildman–Crippen MR) is 123 cm³/mol. The largest absolute Gasteiger partial charge is 0.493 e. The van der Waals surface area contributed by atoms with Crippen LogP contribution < -0.4 is 29.7 Å². The molecule has 1 heterocycles. The number of para-hydroxylation sites is 2. The zero-order valence-corrected chi connectivity index (χ0v) is 18.3. The van der Waals surface area contributed by atoms with Crippen LogP contribution in [0.15, 0.2) is 47.5 Å². The number of hydrogen-bond acceptors (Lipinski definition) is 5. The second kappa shape index (κ2) is 11.1. The summed E-state index contributed by atoms with van der Waals surface area (Å²) in [7, 11) is 1.62. The molecule has 2 N–H and O–H groups in total. The summed E-state index contributed by atoms with van der Waals surface area (Å²) in [6.45, 7) is 6.45. The average Bonchev–Trinajstić information content (AvgIpc) is 2.78. The third-order valence-electron chi connectivity index (χ3n) is 4.69. The molecule has 0 aliphatic carbocycles. The van der Waals surface area contributed by atoms with Gasteiger partial charge < -0.3 is 29.7 Å². The Kier molecular flexibility index (Phi) is 7.98. The quantitative estimate of drug-likeness (QED) is 0.364. The molecule has 1 aliphatic rings. The van der Waals surface area contributed by atoms with Gasteiger partial charge in [-0.05, 0) is 44.5 Å². The highest BCUT2D eigenvalue weighted by atomic mass is 16.5. The lowest BCUT2D eigenvalue weighted by Crippen LogP contribution is -2.39. The molecule has 2 aromatic carbocycles. The number of carbonyl (C=O) groups excluding carboxylic acids is 1. The highest BCUT2D eigenvalue weighted by molar-refractivity contribution is 5.97. The number of carbonyl (C=O) groups is 1. The van der Waals surface area contributed by atoms with Crippen LogP contribution in [0, 0.1) is 0 Å². The van der Waals surface area contributed by atoms with E-state index in [1.165, 1.54) is 0 Å². The van der Waals surface area contributed by atoms with Gasteiger partial charge in [0, 0.05) is 31.4 Å². The number of hydrogen-bond donors (Lipinski definition) is 2. The number of aliphatic imine (C=N–C) groups is 1. The van der Waals surface area contributed by atoms with E-state index in [1.54, 1.807) is 12.0 Å². The van der Waals surface area contributed by atoms with Crippen molar-refractivity contribution in [2.24, 2.45) is 4.99 Å². The first-order chi connectivity index (χ1) is 15.2. The van der Waals surface area contributed by atoms with Crippen LogP contribution >= 0.6 is 0 Å². The number of nitrogens with one attached hydrogen (secondary N) is 2. The Hall–Kier alpha value is -3.42. The number of methoxy groups -OCH3 is 1. The van der Waals surface area contributed by atoms with Crippen molar-refractivity contribution in [1.29, 1.82) is 0 Å². The summed E-state index contributed by atoms with van der Waals surface area (Å²) in [6.07, 6.45) is 0.726. The fourth-order valence-corrected chi connectivity index (χ4v) is 3.29. The number of fused-ring (bicyclic) bond motifs is 1. The summed E-state index contributed by atoms with van der Waals surface area (Å²) < 4.78 is 16.5. The fourth-order valence-electron chi connectivity index (χ4n) is 3.29. The molecule has 0 saturated heterocycles. The number of benzene rings is 2. The van der Waals surface area contributed by atoms with Crippen LogP contribution in [-0.2, 0) is 4.79 Å². The average molecular weight is 427 g/mol. The number of nitrogens with zero attached hydrogens (tertiary/aromatic N) is 2. The van der Waals surface area contributed by atoms with Crippen molar-refractivity contribution in [3.8, 4) is 17.2 Å². The first kappa shape index (κ1) is 22.3. The zero-order chi connectivity index (χ0) is 22.1. The van der Waals surface area contributed by atoms with Gasteiger partial charge in [0.25, 0.3) is 5.91 Å². The third-order valence-corrected chi connectivity index (χ3v) is 4.69. The molecule has 0 aromatic heterocycles. The van der Waals surface area contributed by atoms with Gasteiger partial charge in [-0.25, -0.2) is 0 Å². The van der Waals surface area contributed by atoms with Crippen LogP contribution in [0.5, 0.6) is 17.2 Å². The Labute approximate surface area is 183 Å². The van der Waals surface area contributed by atoms with Crippen molar-refractivity contribution < 1.29 is 19.0 Å². The molecule has 8 heteroatoms. The van der Waals surface area contributed by atoms with Gasteiger partial charge in [0.2, 0.25) is 0 Å². The molecule has 8 nitrogen and oxygen atoms in total. The standard InChI is InChI=1S/C23H30N4O4/c1-4-24-23(26-17-11-12-20(29-3)21(15-17)30-5-2)25-13-8-14-27-18-9-6-7-10-19(18)31-16-22(27)28/h6-7,9-12,15H,4-5,8,13-14,16H2,1-3H3,(H2,24,25,26). The second-order valence-electron chi connectivity index (χ2n) is 6.84. The Morgan fingerprint density at radius 2 is 2.03 bits per heavy atom. The van der Waals surface area contributed by atoms with Gasteiger partial charge in [-0.15, -0.1) is 0 Å². The van der Waals surface area contributed by atoms with Crippen LogP contribution in [0.25, 0.3) is 0 Å². The van der Waals surface area contributed by atoms with Gasteiger partial charge in [-0.1, -0.05) is 12.1 Å². The van der Waals surface area contributed by atoms with Crippen LogP contribution in [0.3, 0.4) is 0 Å². The summed E-state index contributed by atoms with van der Waals surface area (Å²) in [5.74, 6) is 2.74. The Balaban J connectivity index is 1.62. The van der Waals surface area contributed by atoms with Gasteiger partial charge in [0.1, 0.15) is 5.75 Å². The fraction of sp³-hybridized carbons (Fsp3) is 0.391. The molecule has 0 spiro atoms. The normalized spacial score (nSPS) is 13.3. The summed E-state index contributed by atoms with van der Waals surface area (Å²) >= 11 is 0. The topological polar surface area (TPSA) is 84.4 Å². The van der Waals surface area contributed by atoms with E-state index in [1.807, 2.05) is 56.3 Å². The van der Waals surface area contributed by atoms with E-state index in [-0.39, 0.29) is 12.5 Å². The molecule has 1 aliphatic heterocycles. The SMILES string of the molecule is CCNC(=NCCCN1C(=O)COc2ccccc21)Nc1ccc(OC)c(OCC)c1. The number of anilines is 2. The highest BCUT2D eigenvalue weighted by Gasteiger charge is 2.24. The van der Waals surface area contributed by atoms with Crippen LogP contribution in [0.4, 0.5) is 11.4 Å². The lowest BCUT2D eigenvalue weighted by atomic mass is 10.2. The van der Waals surface area contributed by atoms with Crippen LogP contribution in [0.1, 0.15) is 20.3 Å². The third kappa shape index (κ3) is 5.81. The Morgan fingerprint density at radius 3 is 2.81 bits per heavy atom. The molecule has 0 bridgehead atoms. The molecule has 1 amide bonds. The van der Waals surface area contributed by atoms with Crippen molar-refractivity contribution in [3.63, 3.8) is 0 Å². The smallest absolute Gasteiger partial charge is 0.265 e. The van der Waals surface area contributed by atoms with E-state index in [4.69, 9.17) is 14.2 Å². The molecule has 0 saturated carbocycles. The van der Waals surface area contributed by atoms with E-state index >= 15 is 0 Å². The van der Waals surface area contributed by atoms with Crippen molar-refractivity contribution >= 4 is 23.2 Å². The maximum atomic E-state index is 12.3. The van der Waals surface area contributed by atoms with Crippen molar-refractivity contribution in [1.82, 2.24) is 5.32 Å². The first-order valence-electron chi connectivity index (χ1n) is 10.5. The van der Waals surface area contributed by atoms with Gasteiger partial charge in [-0.3, -0.25) is 9.79 Å². The Morgan fingerprint density at radius 1 is 1.19 bits per heavy atom. The maximum absolute atomic E-state index is 12.3. The maximum Gasteiger partial charge on any atom is 0.265 e. The van der Waals surface area contributed by atoms with Crippen LogP contribution in [-0.4, -0.2) is 51.8 Å². The number of amides is 1. The minimum atomic E-state index is -0.0330. The first-order valence-corrected chi connectivity index (χ1v) is 10.5. The minimum absolute atomic E-state index is 0.0330. The lowest BCUT2D eigenvalue weighted by molar-refractivity contribution is -0.121. The monoisotopic (exact) mass is 426 g/mol. The molecule has 0 radical (unpaired) electrons. The number of ether oxygens (including phenoxy) is 3. The van der Waals surface area contributed by atoms with E-state index in [0.717, 1.165) is 30.1 Å². The summed E-state index contributed by atoms with van der Waals surface area (Å²) in [6, 6.07) is 13.3. The summed E-state index contributed by atoms with van der Waals surface area (Å²) in [5.41, 5.74) is 1.66. The van der Waals surface area contributed by atoms with E-state index in [9.17, 15) is 4.79 Å². The van der Waals surface area contributed by atoms with E-state index in [2.05, 4.69) is 15.6 Å². The molecule has 0 atom stereocenters. The van der Waals surface area contributed by atoms with Crippen molar-refractivity contribution in [3.05, 3.63) is 42.5 Å². The molecule has 2 aromatic rings. The van der Waals surface area contributed by atoms with E-state index in [0.29, 0.717) is 37.2 Å². The molecular weight excluding hydrogens is 396 g/mol. The van der Waals surface area contributed by atoms with Gasteiger partial charge in [0.05, 0.1) is 19.4 Å². The number of guanidine groups is 1. The molecule has 0 fully saturated rings. The molecule has 0 unspecified atom stereocenters. The molecule has 3 rings (SSSR count). The van der Waals surface area contributed by atoms with Gasteiger partial charge in [-0.2, -0.15) is 0 Å².